The van der Waals surface area contributed by atoms with E-state index in [2.05, 4.69) is 25.6 Å². The summed E-state index contributed by atoms with van der Waals surface area (Å²) in [4.78, 5) is 12.9. The first kappa shape index (κ1) is 14.8. The number of hydrogen-bond acceptors (Lipinski definition) is 7. The van der Waals surface area contributed by atoms with Gasteiger partial charge in [0.05, 0.1) is 18.8 Å². The summed E-state index contributed by atoms with van der Waals surface area (Å²) in [7, 11) is 0. The molecule has 1 aromatic rings. The topological polar surface area (TPSA) is 81.2 Å². The Morgan fingerprint density at radius 1 is 1.30 bits per heavy atom. The maximum Gasteiger partial charge on any atom is 0.323 e. The van der Waals surface area contributed by atoms with Crippen LogP contribution in [0.5, 0.6) is 6.01 Å². The average molecular weight is 281 g/mol. The summed E-state index contributed by atoms with van der Waals surface area (Å²) in [5.74, 6) is 1.06. The average Bonchev–Trinajstić information content (AvgIpc) is 2.39. The van der Waals surface area contributed by atoms with Crippen LogP contribution in [0.25, 0.3) is 0 Å². The van der Waals surface area contributed by atoms with Gasteiger partial charge < -0.3 is 20.1 Å². The van der Waals surface area contributed by atoms with Gasteiger partial charge in [-0.05, 0) is 33.6 Å². The zero-order valence-corrected chi connectivity index (χ0v) is 12.3. The first-order valence-corrected chi connectivity index (χ1v) is 7.18. The fraction of sp³-hybridized carbons (Fsp3) is 0.769. The zero-order chi connectivity index (χ0) is 14.4. The molecule has 112 valence electrons. The van der Waals surface area contributed by atoms with E-state index in [9.17, 15) is 0 Å². The Labute approximate surface area is 119 Å². The Kier molecular flexibility index (Phi) is 5.34. The summed E-state index contributed by atoms with van der Waals surface area (Å²) in [6.07, 6.45) is 2.14. The van der Waals surface area contributed by atoms with E-state index in [4.69, 9.17) is 9.47 Å². The van der Waals surface area contributed by atoms with Crippen molar-refractivity contribution in [3.05, 3.63) is 0 Å². The van der Waals surface area contributed by atoms with Crippen LogP contribution in [0.3, 0.4) is 0 Å². The lowest BCUT2D eigenvalue weighted by molar-refractivity contribution is 0.0873. The van der Waals surface area contributed by atoms with E-state index in [-0.39, 0.29) is 12.1 Å². The maximum absolute atomic E-state index is 5.56. The van der Waals surface area contributed by atoms with Gasteiger partial charge in [0.15, 0.2) is 0 Å². The van der Waals surface area contributed by atoms with E-state index in [1.54, 1.807) is 0 Å². The van der Waals surface area contributed by atoms with Crippen LogP contribution in [0.2, 0.25) is 0 Å². The molecule has 0 bridgehead atoms. The first-order chi connectivity index (χ1) is 9.67. The molecule has 1 saturated heterocycles. The molecule has 1 unspecified atom stereocenters. The van der Waals surface area contributed by atoms with Gasteiger partial charge in [-0.25, -0.2) is 0 Å². The molecule has 0 aromatic carbocycles. The second-order valence-corrected chi connectivity index (χ2v) is 5.02. The Bertz CT molecular complexity index is 421. The second-order valence-electron chi connectivity index (χ2n) is 5.02. The van der Waals surface area contributed by atoms with E-state index < -0.39 is 0 Å². The Hall–Kier alpha value is -1.63. The van der Waals surface area contributed by atoms with E-state index in [0.717, 1.165) is 26.0 Å². The van der Waals surface area contributed by atoms with Gasteiger partial charge in [0.25, 0.3) is 0 Å². The highest BCUT2D eigenvalue weighted by Gasteiger charge is 2.16. The Morgan fingerprint density at radius 3 is 2.75 bits per heavy atom. The number of hydrogen-bond donors (Lipinski definition) is 2. The van der Waals surface area contributed by atoms with Gasteiger partial charge in [-0.3, -0.25) is 0 Å². The number of nitrogens with zero attached hydrogens (tertiary/aromatic N) is 3. The molecule has 1 fully saturated rings. The molecule has 2 N–H and O–H groups in total. The zero-order valence-electron chi connectivity index (χ0n) is 12.3. The van der Waals surface area contributed by atoms with Crippen molar-refractivity contribution >= 4 is 11.9 Å². The highest BCUT2D eigenvalue weighted by Crippen LogP contribution is 2.16. The van der Waals surface area contributed by atoms with E-state index in [1.165, 1.54) is 0 Å². The highest BCUT2D eigenvalue weighted by molar-refractivity contribution is 5.36. The van der Waals surface area contributed by atoms with Gasteiger partial charge in [-0.1, -0.05) is 0 Å². The van der Waals surface area contributed by atoms with Crippen LogP contribution in [0.1, 0.15) is 33.6 Å². The van der Waals surface area contributed by atoms with Crippen molar-refractivity contribution in [1.29, 1.82) is 0 Å². The van der Waals surface area contributed by atoms with E-state index >= 15 is 0 Å². The molecule has 1 atom stereocenters. The molecule has 1 aliphatic rings. The molecule has 1 aliphatic heterocycles. The first-order valence-electron chi connectivity index (χ1n) is 7.18. The van der Waals surface area contributed by atoms with Gasteiger partial charge in [0.1, 0.15) is 0 Å². The lowest BCUT2D eigenvalue weighted by atomic mass is 10.1. The molecule has 2 rings (SSSR count). The van der Waals surface area contributed by atoms with Gasteiger partial charge in [0, 0.05) is 13.2 Å². The molecule has 0 saturated carbocycles. The lowest BCUT2D eigenvalue weighted by Gasteiger charge is -2.23. The van der Waals surface area contributed by atoms with Crippen molar-refractivity contribution in [2.45, 2.75) is 45.8 Å². The van der Waals surface area contributed by atoms with Crippen LogP contribution in [0, 0.1) is 0 Å². The van der Waals surface area contributed by atoms with Crippen molar-refractivity contribution in [2.75, 3.05) is 30.4 Å². The molecular formula is C13H23N5O2. The normalized spacial score (nSPS) is 18.9. The number of anilines is 2. The minimum Gasteiger partial charge on any atom is -0.461 e. The number of rotatable bonds is 6. The van der Waals surface area contributed by atoms with Crippen molar-refractivity contribution < 1.29 is 9.47 Å². The molecule has 0 aliphatic carbocycles. The molecule has 7 nitrogen and oxygen atoms in total. The van der Waals surface area contributed by atoms with E-state index in [0.29, 0.717) is 24.5 Å². The maximum atomic E-state index is 5.56. The highest BCUT2D eigenvalue weighted by atomic mass is 16.5. The third kappa shape index (κ3) is 4.48. The predicted molar refractivity (Wildman–Crippen MR) is 77.2 cm³/mol. The molecule has 1 aromatic heterocycles. The number of aromatic nitrogens is 3. The van der Waals surface area contributed by atoms with Gasteiger partial charge in [0.2, 0.25) is 11.9 Å². The van der Waals surface area contributed by atoms with Crippen LogP contribution >= 0.6 is 0 Å². The molecule has 0 amide bonds. The van der Waals surface area contributed by atoms with Crippen molar-refractivity contribution in [1.82, 2.24) is 15.0 Å². The Morgan fingerprint density at radius 2 is 2.10 bits per heavy atom. The van der Waals surface area contributed by atoms with Gasteiger partial charge >= 0.3 is 6.01 Å². The van der Waals surface area contributed by atoms with Crippen LogP contribution in [0.4, 0.5) is 11.9 Å². The van der Waals surface area contributed by atoms with Crippen LogP contribution < -0.4 is 15.4 Å². The van der Waals surface area contributed by atoms with Crippen molar-refractivity contribution in [3.63, 3.8) is 0 Å². The third-order valence-electron chi connectivity index (χ3n) is 2.78. The van der Waals surface area contributed by atoms with Crippen molar-refractivity contribution in [2.24, 2.45) is 0 Å². The molecule has 0 spiro atoms. The van der Waals surface area contributed by atoms with Gasteiger partial charge in [-0.15, -0.1) is 0 Å². The molecule has 2 heterocycles. The van der Waals surface area contributed by atoms with Crippen LogP contribution in [0.15, 0.2) is 0 Å². The summed E-state index contributed by atoms with van der Waals surface area (Å²) < 4.78 is 11.0. The molecule has 7 heteroatoms. The standard InChI is InChI=1S/C13H23N5O2/c1-4-14-11-16-12(15-10-6-5-7-19-8-10)18-13(17-11)20-9(2)3/h9-10H,4-8H2,1-3H3,(H2,14,15,16,17,18). The Balaban J connectivity index is 2.10. The largest absolute Gasteiger partial charge is 0.461 e. The monoisotopic (exact) mass is 281 g/mol. The fourth-order valence-corrected chi connectivity index (χ4v) is 1.96. The SMILES string of the molecule is CCNc1nc(NC2CCCOC2)nc(OC(C)C)n1. The molecule has 20 heavy (non-hydrogen) atoms. The summed E-state index contributed by atoms with van der Waals surface area (Å²) >= 11 is 0. The molecule has 0 radical (unpaired) electrons. The minimum absolute atomic E-state index is 0.0257. The molecular weight excluding hydrogens is 258 g/mol. The summed E-state index contributed by atoms with van der Waals surface area (Å²) in [5, 5.41) is 6.37. The predicted octanol–water partition coefficient (Wildman–Crippen LogP) is 1.68. The van der Waals surface area contributed by atoms with Crippen molar-refractivity contribution in [3.8, 4) is 6.01 Å². The second kappa shape index (κ2) is 7.23. The lowest BCUT2D eigenvalue weighted by Crippen LogP contribution is -2.31. The summed E-state index contributed by atoms with van der Waals surface area (Å²) in [5.41, 5.74) is 0. The minimum atomic E-state index is 0.0257. The van der Waals surface area contributed by atoms with Crippen LogP contribution in [-0.4, -0.2) is 46.9 Å². The number of ether oxygens (including phenoxy) is 2. The van der Waals surface area contributed by atoms with Gasteiger partial charge in [-0.2, -0.15) is 15.0 Å². The fourth-order valence-electron chi connectivity index (χ4n) is 1.96. The summed E-state index contributed by atoms with van der Waals surface area (Å²) in [6, 6.07) is 0.581. The van der Waals surface area contributed by atoms with Crippen LogP contribution in [-0.2, 0) is 4.74 Å². The van der Waals surface area contributed by atoms with E-state index in [1.807, 2.05) is 20.8 Å². The third-order valence-corrected chi connectivity index (χ3v) is 2.78. The quantitative estimate of drug-likeness (QED) is 0.821. The number of nitrogens with one attached hydrogen (secondary N) is 2. The summed E-state index contributed by atoms with van der Waals surface area (Å²) in [6.45, 7) is 8.14. The smallest absolute Gasteiger partial charge is 0.323 e.